The zero-order chi connectivity index (χ0) is 13.4. The molecular formula is C14H21NO3. The Bertz CT molecular complexity index is 362. The third-order valence-corrected chi connectivity index (χ3v) is 2.81. The van der Waals surface area contributed by atoms with Gasteiger partial charge in [-0.3, -0.25) is 5.32 Å². The lowest BCUT2D eigenvalue weighted by Crippen LogP contribution is -2.32. The van der Waals surface area contributed by atoms with Gasteiger partial charge in [-0.05, 0) is 17.5 Å². The van der Waals surface area contributed by atoms with Crippen molar-refractivity contribution in [2.75, 3.05) is 27.4 Å². The number of nitrogens with one attached hydrogen (secondary N) is 1. The van der Waals surface area contributed by atoms with Crippen molar-refractivity contribution in [2.45, 2.75) is 19.4 Å². The number of hydrogen-bond acceptors (Lipinski definition) is 4. The maximum absolute atomic E-state index is 11.7. The number of carbonyl (C=O) groups excluding carboxylic acids is 1. The molecule has 0 radical (unpaired) electrons. The van der Waals surface area contributed by atoms with Crippen molar-refractivity contribution in [1.29, 1.82) is 0 Å². The molecule has 4 nitrogen and oxygen atoms in total. The highest BCUT2D eigenvalue weighted by atomic mass is 16.5. The molecule has 1 N–H and O–H groups in total. The van der Waals surface area contributed by atoms with E-state index < -0.39 is 6.04 Å². The van der Waals surface area contributed by atoms with E-state index in [0.29, 0.717) is 13.2 Å². The average molecular weight is 251 g/mol. The van der Waals surface area contributed by atoms with Crippen LogP contribution in [-0.4, -0.2) is 33.3 Å². The van der Waals surface area contributed by atoms with Crippen molar-refractivity contribution < 1.29 is 14.3 Å². The van der Waals surface area contributed by atoms with E-state index in [0.717, 1.165) is 12.0 Å². The topological polar surface area (TPSA) is 47.6 Å². The molecule has 0 aliphatic heterocycles. The Morgan fingerprint density at radius 2 is 1.94 bits per heavy atom. The molecule has 0 aromatic heterocycles. The minimum absolute atomic E-state index is 0.282. The maximum atomic E-state index is 11.7. The molecule has 0 bridgehead atoms. The van der Waals surface area contributed by atoms with E-state index in [2.05, 4.69) is 12.2 Å². The summed E-state index contributed by atoms with van der Waals surface area (Å²) in [7, 11) is 3.03. The minimum Gasteiger partial charge on any atom is -0.468 e. The largest absolute Gasteiger partial charge is 0.468 e. The highest BCUT2D eigenvalue weighted by Gasteiger charge is 2.20. The predicted octanol–water partition coefficient (Wildman–Crippen LogP) is 1.70. The molecule has 0 aliphatic carbocycles. The predicted molar refractivity (Wildman–Crippen MR) is 70.5 cm³/mol. The molecule has 4 heteroatoms. The second-order valence-corrected chi connectivity index (χ2v) is 4.00. The van der Waals surface area contributed by atoms with Gasteiger partial charge >= 0.3 is 5.97 Å². The van der Waals surface area contributed by atoms with Crippen LogP contribution in [0, 0.1) is 0 Å². The summed E-state index contributed by atoms with van der Waals surface area (Å²) in [5.41, 5.74) is 2.16. The van der Waals surface area contributed by atoms with Gasteiger partial charge < -0.3 is 9.47 Å². The van der Waals surface area contributed by atoms with Gasteiger partial charge in [0.1, 0.15) is 6.04 Å². The van der Waals surface area contributed by atoms with E-state index in [1.54, 1.807) is 7.11 Å². The molecule has 1 unspecified atom stereocenters. The summed E-state index contributed by atoms with van der Waals surface area (Å²) in [6, 6.07) is 7.54. The van der Waals surface area contributed by atoms with Crippen molar-refractivity contribution in [2.24, 2.45) is 0 Å². The molecule has 0 heterocycles. The molecule has 1 aromatic carbocycles. The van der Waals surface area contributed by atoms with Gasteiger partial charge in [0, 0.05) is 13.7 Å². The van der Waals surface area contributed by atoms with Crippen molar-refractivity contribution in [3.63, 3.8) is 0 Å². The molecular weight excluding hydrogens is 230 g/mol. The summed E-state index contributed by atoms with van der Waals surface area (Å²) in [6.45, 7) is 3.26. The number of aryl methyl sites for hydroxylation is 1. The number of esters is 1. The highest BCUT2D eigenvalue weighted by molar-refractivity contribution is 5.77. The summed E-state index contributed by atoms with van der Waals surface area (Å²) in [5, 5.41) is 3.13. The summed E-state index contributed by atoms with van der Waals surface area (Å²) >= 11 is 0. The molecule has 1 rings (SSSR count). The van der Waals surface area contributed by atoms with Gasteiger partial charge in [0.15, 0.2) is 0 Å². The number of hydrogen-bond donors (Lipinski definition) is 1. The van der Waals surface area contributed by atoms with Gasteiger partial charge in [0.2, 0.25) is 0 Å². The number of ether oxygens (including phenoxy) is 2. The van der Waals surface area contributed by atoms with Crippen molar-refractivity contribution >= 4 is 5.97 Å². The highest BCUT2D eigenvalue weighted by Crippen LogP contribution is 2.15. The van der Waals surface area contributed by atoms with Gasteiger partial charge in [-0.15, -0.1) is 0 Å². The molecule has 0 spiro atoms. The zero-order valence-electron chi connectivity index (χ0n) is 11.2. The first kappa shape index (κ1) is 14.7. The summed E-state index contributed by atoms with van der Waals surface area (Å²) in [6.07, 6.45) is 0.986. The first-order chi connectivity index (χ1) is 8.72. The number of rotatable bonds is 7. The molecule has 100 valence electrons. The van der Waals surface area contributed by atoms with Crippen molar-refractivity contribution in [3.05, 3.63) is 35.4 Å². The zero-order valence-corrected chi connectivity index (χ0v) is 11.2. The van der Waals surface area contributed by atoms with E-state index in [1.165, 1.54) is 12.7 Å². The molecule has 1 atom stereocenters. The van der Waals surface area contributed by atoms with E-state index >= 15 is 0 Å². The summed E-state index contributed by atoms with van der Waals surface area (Å²) in [5.74, 6) is -0.282. The first-order valence-electron chi connectivity index (χ1n) is 6.12. The first-order valence-corrected chi connectivity index (χ1v) is 6.12. The number of benzene rings is 1. The second-order valence-electron chi connectivity index (χ2n) is 4.00. The van der Waals surface area contributed by atoms with Crippen LogP contribution in [0.4, 0.5) is 0 Å². The molecule has 1 aromatic rings. The Morgan fingerprint density at radius 1 is 1.28 bits per heavy atom. The van der Waals surface area contributed by atoms with E-state index in [1.807, 2.05) is 24.3 Å². The lowest BCUT2D eigenvalue weighted by Gasteiger charge is -2.17. The number of carbonyl (C=O) groups is 1. The lowest BCUT2D eigenvalue weighted by molar-refractivity contribution is -0.143. The Balaban J connectivity index is 2.76. The fourth-order valence-corrected chi connectivity index (χ4v) is 1.71. The van der Waals surface area contributed by atoms with Gasteiger partial charge in [-0.2, -0.15) is 0 Å². The van der Waals surface area contributed by atoms with Crippen LogP contribution in [0.5, 0.6) is 0 Å². The lowest BCUT2D eigenvalue weighted by atomic mass is 10.0. The third-order valence-electron chi connectivity index (χ3n) is 2.81. The van der Waals surface area contributed by atoms with Crippen LogP contribution in [0.15, 0.2) is 24.3 Å². The van der Waals surface area contributed by atoms with Crippen LogP contribution in [0.2, 0.25) is 0 Å². The SMILES string of the molecule is CCc1ccc(C(NCCOC)C(=O)OC)cc1. The Hall–Kier alpha value is -1.39. The fourth-order valence-electron chi connectivity index (χ4n) is 1.71. The smallest absolute Gasteiger partial charge is 0.327 e. The summed E-state index contributed by atoms with van der Waals surface area (Å²) in [4.78, 5) is 11.7. The van der Waals surface area contributed by atoms with Crippen LogP contribution in [0.1, 0.15) is 24.1 Å². The minimum atomic E-state index is -0.434. The average Bonchev–Trinajstić information content (AvgIpc) is 2.43. The fraction of sp³-hybridized carbons (Fsp3) is 0.500. The van der Waals surface area contributed by atoms with E-state index in [4.69, 9.17) is 9.47 Å². The molecule has 0 saturated heterocycles. The quantitative estimate of drug-likeness (QED) is 0.592. The van der Waals surface area contributed by atoms with Crippen LogP contribution < -0.4 is 5.32 Å². The van der Waals surface area contributed by atoms with Gasteiger partial charge in [0.25, 0.3) is 0 Å². The molecule has 0 aliphatic rings. The van der Waals surface area contributed by atoms with Crippen molar-refractivity contribution in [1.82, 2.24) is 5.32 Å². The Morgan fingerprint density at radius 3 is 2.44 bits per heavy atom. The Labute approximate surface area is 108 Å². The van der Waals surface area contributed by atoms with Gasteiger partial charge in [-0.25, -0.2) is 4.79 Å². The maximum Gasteiger partial charge on any atom is 0.327 e. The summed E-state index contributed by atoms with van der Waals surface area (Å²) < 4.78 is 9.78. The van der Waals surface area contributed by atoms with E-state index in [-0.39, 0.29) is 5.97 Å². The molecule has 0 amide bonds. The van der Waals surface area contributed by atoms with Crippen LogP contribution in [-0.2, 0) is 20.7 Å². The molecule has 18 heavy (non-hydrogen) atoms. The molecule has 0 saturated carbocycles. The normalized spacial score (nSPS) is 12.2. The molecule has 0 fully saturated rings. The monoisotopic (exact) mass is 251 g/mol. The van der Waals surface area contributed by atoms with E-state index in [9.17, 15) is 4.79 Å². The second kappa shape index (κ2) is 7.84. The van der Waals surface area contributed by atoms with Crippen LogP contribution in [0.3, 0.4) is 0 Å². The number of methoxy groups -OCH3 is 2. The van der Waals surface area contributed by atoms with Crippen molar-refractivity contribution in [3.8, 4) is 0 Å². The van der Waals surface area contributed by atoms with Gasteiger partial charge in [-0.1, -0.05) is 31.2 Å². The standard InChI is InChI=1S/C14H21NO3/c1-4-11-5-7-12(8-6-11)13(14(16)18-3)15-9-10-17-2/h5-8,13,15H,4,9-10H2,1-3H3. The third kappa shape index (κ3) is 4.13. The Kier molecular flexibility index (Phi) is 6.39. The van der Waals surface area contributed by atoms with Crippen LogP contribution in [0.25, 0.3) is 0 Å². The van der Waals surface area contributed by atoms with Crippen LogP contribution >= 0.6 is 0 Å². The van der Waals surface area contributed by atoms with Gasteiger partial charge in [0.05, 0.1) is 13.7 Å².